The first kappa shape index (κ1) is 22.5. The minimum Gasteiger partial charge on any atom is -0.457 e. The van der Waals surface area contributed by atoms with Crippen LogP contribution >= 0.6 is 0 Å². The molecule has 4 heteroatoms. The molecule has 0 aliphatic carbocycles. The van der Waals surface area contributed by atoms with Gasteiger partial charge in [0.15, 0.2) is 0 Å². The fourth-order valence-corrected chi connectivity index (χ4v) is 4.10. The normalized spacial score (nSPS) is 15.0. The summed E-state index contributed by atoms with van der Waals surface area (Å²) < 4.78 is 11.9. The first-order valence-corrected chi connectivity index (χ1v) is 11.7. The first-order chi connectivity index (χ1) is 15.8. The number of hydrogen-bond acceptors (Lipinski definition) is 4. The summed E-state index contributed by atoms with van der Waals surface area (Å²) in [4.78, 5) is 5.11. The molecule has 0 radical (unpaired) electrons. The maximum atomic E-state index is 5.96. The highest BCUT2D eigenvalue weighted by Crippen LogP contribution is 2.22. The van der Waals surface area contributed by atoms with Crippen LogP contribution in [-0.2, 0) is 17.8 Å². The quantitative estimate of drug-likeness (QED) is 0.388. The number of hydrogen-bond donors (Lipinski definition) is 0. The number of benzene rings is 3. The molecule has 1 fully saturated rings. The molecular formula is C28H34N2O2. The maximum Gasteiger partial charge on any atom is 0.127 e. The average Bonchev–Trinajstić information content (AvgIpc) is 2.84. The van der Waals surface area contributed by atoms with E-state index in [1.165, 1.54) is 24.9 Å². The molecule has 3 aromatic carbocycles. The zero-order chi connectivity index (χ0) is 21.8. The lowest BCUT2D eigenvalue weighted by Gasteiger charge is -2.34. The van der Waals surface area contributed by atoms with Gasteiger partial charge in [-0.15, -0.1) is 0 Å². The molecule has 32 heavy (non-hydrogen) atoms. The number of para-hydroxylation sites is 1. The van der Waals surface area contributed by atoms with E-state index in [2.05, 4.69) is 52.3 Å². The van der Waals surface area contributed by atoms with Crippen molar-refractivity contribution in [2.75, 3.05) is 45.9 Å². The minimum atomic E-state index is 0.617. The number of piperazine rings is 1. The van der Waals surface area contributed by atoms with E-state index in [1.807, 2.05) is 42.5 Å². The summed E-state index contributed by atoms with van der Waals surface area (Å²) in [6.07, 6.45) is 2.41. The van der Waals surface area contributed by atoms with E-state index in [0.29, 0.717) is 6.61 Å². The van der Waals surface area contributed by atoms with Crippen molar-refractivity contribution in [2.45, 2.75) is 19.4 Å². The van der Waals surface area contributed by atoms with E-state index in [4.69, 9.17) is 9.47 Å². The lowest BCUT2D eigenvalue weighted by Crippen LogP contribution is -2.47. The van der Waals surface area contributed by atoms with Crippen molar-refractivity contribution in [1.82, 2.24) is 9.80 Å². The van der Waals surface area contributed by atoms with Crippen LogP contribution in [0.1, 0.15) is 17.5 Å². The zero-order valence-electron chi connectivity index (χ0n) is 18.9. The van der Waals surface area contributed by atoms with Crippen molar-refractivity contribution in [1.29, 1.82) is 0 Å². The van der Waals surface area contributed by atoms with Gasteiger partial charge in [-0.05, 0) is 54.8 Å². The van der Waals surface area contributed by atoms with E-state index >= 15 is 0 Å². The average molecular weight is 431 g/mol. The van der Waals surface area contributed by atoms with Crippen LogP contribution < -0.4 is 4.74 Å². The lowest BCUT2D eigenvalue weighted by molar-refractivity contribution is 0.0682. The Kier molecular flexibility index (Phi) is 8.73. The molecule has 3 aromatic rings. The second-order valence-electron chi connectivity index (χ2n) is 8.39. The third-order valence-electron chi connectivity index (χ3n) is 5.95. The van der Waals surface area contributed by atoms with E-state index in [-0.39, 0.29) is 0 Å². The molecule has 0 spiro atoms. The van der Waals surface area contributed by atoms with Crippen LogP contribution in [0.3, 0.4) is 0 Å². The molecule has 0 atom stereocenters. The Morgan fingerprint density at radius 2 is 1.25 bits per heavy atom. The van der Waals surface area contributed by atoms with Crippen molar-refractivity contribution in [3.8, 4) is 11.5 Å². The van der Waals surface area contributed by atoms with Crippen molar-refractivity contribution in [3.63, 3.8) is 0 Å². The van der Waals surface area contributed by atoms with Gasteiger partial charge < -0.3 is 14.4 Å². The molecule has 0 N–H and O–H groups in total. The molecule has 168 valence electrons. The van der Waals surface area contributed by atoms with Gasteiger partial charge in [0.25, 0.3) is 0 Å². The summed E-state index contributed by atoms with van der Waals surface area (Å²) >= 11 is 0. The van der Waals surface area contributed by atoms with Crippen molar-refractivity contribution in [3.05, 3.63) is 96.1 Å². The smallest absolute Gasteiger partial charge is 0.127 e. The van der Waals surface area contributed by atoms with Gasteiger partial charge in [-0.3, -0.25) is 4.90 Å². The van der Waals surface area contributed by atoms with E-state index in [1.54, 1.807) is 0 Å². The molecule has 4 nitrogen and oxygen atoms in total. The zero-order valence-corrected chi connectivity index (χ0v) is 18.9. The van der Waals surface area contributed by atoms with Gasteiger partial charge in [0.1, 0.15) is 11.5 Å². The Hall–Kier alpha value is -2.66. The van der Waals surface area contributed by atoms with Crippen LogP contribution in [-0.4, -0.2) is 55.7 Å². The fourth-order valence-electron chi connectivity index (χ4n) is 4.10. The fraction of sp³-hybridized carbons (Fsp3) is 0.357. The third-order valence-corrected chi connectivity index (χ3v) is 5.95. The highest BCUT2D eigenvalue weighted by atomic mass is 16.5. The largest absolute Gasteiger partial charge is 0.457 e. The third kappa shape index (κ3) is 7.49. The Labute approximate surface area is 192 Å². The Bertz CT molecular complexity index is 909. The van der Waals surface area contributed by atoms with Crippen LogP contribution in [0.15, 0.2) is 84.9 Å². The second kappa shape index (κ2) is 12.4. The molecular weight excluding hydrogens is 396 g/mol. The molecule has 4 rings (SSSR count). The number of ether oxygens (including phenoxy) is 2. The summed E-state index contributed by atoms with van der Waals surface area (Å²) in [5, 5.41) is 0. The summed E-state index contributed by atoms with van der Waals surface area (Å²) in [6, 6.07) is 28.8. The van der Waals surface area contributed by atoms with Crippen LogP contribution in [0.4, 0.5) is 0 Å². The van der Waals surface area contributed by atoms with E-state index in [9.17, 15) is 0 Å². The molecule has 0 bridgehead atoms. The highest BCUT2D eigenvalue weighted by Gasteiger charge is 2.16. The first-order valence-electron chi connectivity index (χ1n) is 11.7. The van der Waals surface area contributed by atoms with Crippen molar-refractivity contribution in [2.24, 2.45) is 0 Å². The SMILES string of the molecule is c1ccc(CCCN2CCN(CCOCc3cccc(Oc4ccccc4)c3)CC2)cc1. The van der Waals surface area contributed by atoms with Gasteiger partial charge in [-0.25, -0.2) is 0 Å². The number of nitrogens with zero attached hydrogens (tertiary/aromatic N) is 2. The molecule has 1 aliphatic heterocycles. The number of aryl methyl sites for hydroxylation is 1. The van der Waals surface area contributed by atoms with Gasteiger partial charge in [0.2, 0.25) is 0 Å². The Morgan fingerprint density at radius 3 is 2.00 bits per heavy atom. The van der Waals surface area contributed by atoms with Crippen LogP contribution in [0.5, 0.6) is 11.5 Å². The van der Waals surface area contributed by atoms with Crippen LogP contribution in [0.2, 0.25) is 0 Å². The van der Waals surface area contributed by atoms with Crippen molar-refractivity contribution < 1.29 is 9.47 Å². The predicted molar refractivity (Wildman–Crippen MR) is 130 cm³/mol. The van der Waals surface area contributed by atoms with Gasteiger partial charge in [0.05, 0.1) is 13.2 Å². The summed E-state index contributed by atoms with van der Waals surface area (Å²) in [5.41, 5.74) is 2.59. The molecule has 1 heterocycles. The highest BCUT2D eigenvalue weighted by molar-refractivity contribution is 5.33. The van der Waals surface area contributed by atoms with Gasteiger partial charge in [-0.1, -0.05) is 60.7 Å². The lowest BCUT2D eigenvalue weighted by atomic mass is 10.1. The molecule has 1 saturated heterocycles. The van der Waals surface area contributed by atoms with Gasteiger partial charge in [-0.2, -0.15) is 0 Å². The van der Waals surface area contributed by atoms with Crippen LogP contribution in [0.25, 0.3) is 0 Å². The predicted octanol–water partition coefficient (Wildman–Crippen LogP) is 5.25. The molecule has 1 aliphatic rings. The van der Waals surface area contributed by atoms with Gasteiger partial charge in [0, 0.05) is 32.7 Å². The number of rotatable bonds is 11. The maximum absolute atomic E-state index is 5.96. The van der Waals surface area contributed by atoms with Crippen molar-refractivity contribution >= 4 is 0 Å². The van der Waals surface area contributed by atoms with Crippen LogP contribution in [0, 0.1) is 0 Å². The topological polar surface area (TPSA) is 24.9 Å². The summed E-state index contributed by atoms with van der Waals surface area (Å²) in [5.74, 6) is 1.70. The Morgan fingerprint density at radius 1 is 0.625 bits per heavy atom. The molecule has 0 saturated carbocycles. The molecule has 0 unspecified atom stereocenters. The van der Waals surface area contributed by atoms with E-state index in [0.717, 1.165) is 56.4 Å². The minimum absolute atomic E-state index is 0.617. The van der Waals surface area contributed by atoms with Gasteiger partial charge >= 0.3 is 0 Å². The summed E-state index contributed by atoms with van der Waals surface area (Å²) in [6.45, 7) is 8.16. The van der Waals surface area contributed by atoms with E-state index < -0.39 is 0 Å². The monoisotopic (exact) mass is 430 g/mol. The molecule has 0 amide bonds. The Balaban J connectivity index is 1.09. The summed E-state index contributed by atoms with van der Waals surface area (Å²) in [7, 11) is 0. The molecule has 0 aromatic heterocycles. The standard InChI is InChI=1S/C28H34N2O2/c1-3-9-25(10-4-1)12-8-16-29-17-19-30(20-18-29)21-22-31-24-26-11-7-15-28(23-26)32-27-13-5-2-6-14-27/h1-7,9-11,13-15,23H,8,12,16-22,24H2. The second-order valence-corrected chi connectivity index (χ2v) is 8.39.